The fraction of sp³-hybridized carbons (Fsp3) is 0.500. The van der Waals surface area contributed by atoms with Gasteiger partial charge in [0.2, 0.25) is 0 Å². The van der Waals surface area contributed by atoms with Crippen molar-refractivity contribution in [3.8, 4) is 0 Å². The standard InChI is InChI=1S/C8H9IN2O4/c9-5-2-11(8(14)10-7(5)13)6-1-4(12)3-15-6/h2,4,6,12H,1,3H2,(H,10,13,14)/t4-,6+/m0/s1. The smallest absolute Gasteiger partial charge is 0.330 e. The Kier molecular flexibility index (Phi) is 2.94. The molecule has 1 aromatic heterocycles. The molecule has 2 heterocycles. The van der Waals surface area contributed by atoms with Crippen molar-refractivity contribution in [1.82, 2.24) is 9.55 Å². The van der Waals surface area contributed by atoms with Crippen molar-refractivity contribution in [2.24, 2.45) is 0 Å². The Labute approximate surface area is 98.0 Å². The van der Waals surface area contributed by atoms with Gasteiger partial charge in [-0.3, -0.25) is 14.3 Å². The van der Waals surface area contributed by atoms with Crippen LogP contribution in [0.2, 0.25) is 0 Å². The largest absolute Gasteiger partial charge is 0.391 e. The van der Waals surface area contributed by atoms with Crippen molar-refractivity contribution < 1.29 is 9.84 Å². The molecule has 15 heavy (non-hydrogen) atoms. The minimum absolute atomic E-state index is 0.215. The van der Waals surface area contributed by atoms with E-state index >= 15 is 0 Å². The minimum Gasteiger partial charge on any atom is -0.391 e. The number of ether oxygens (including phenoxy) is 1. The highest BCUT2D eigenvalue weighted by Crippen LogP contribution is 2.21. The maximum atomic E-state index is 11.4. The summed E-state index contributed by atoms with van der Waals surface area (Å²) in [6.45, 7) is 0.215. The number of H-pyrrole nitrogens is 1. The monoisotopic (exact) mass is 324 g/mol. The van der Waals surface area contributed by atoms with Crippen LogP contribution < -0.4 is 11.2 Å². The third-order valence-electron chi connectivity index (χ3n) is 2.19. The lowest BCUT2D eigenvalue weighted by Crippen LogP contribution is -2.33. The van der Waals surface area contributed by atoms with Gasteiger partial charge in [-0.2, -0.15) is 0 Å². The summed E-state index contributed by atoms with van der Waals surface area (Å²) in [5.41, 5.74) is -0.921. The van der Waals surface area contributed by atoms with Crippen molar-refractivity contribution >= 4 is 22.6 Å². The number of aliphatic hydroxyl groups is 1. The molecular weight excluding hydrogens is 315 g/mol. The average Bonchev–Trinajstić information content (AvgIpc) is 2.58. The van der Waals surface area contributed by atoms with E-state index in [4.69, 9.17) is 4.74 Å². The molecular formula is C8H9IN2O4. The molecule has 0 radical (unpaired) electrons. The Morgan fingerprint density at radius 1 is 1.60 bits per heavy atom. The van der Waals surface area contributed by atoms with Crippen molar-refractivity contribution in [2.75, 3.05) is 6.61 Å². The van der Waals surface area contributed by atoms with Gasteiger partial charge >= 0.3 is 5.69 Å². The van der Waals surface area contributed by atoms with Crippen LogP contribution in [0.4, 0.5) is 0 Å². The van der Waals surface area contributed by atoms with E-state index in [0.29, 0.717) is 9.99 Å². The highest BCUT2D eigenvalue weighted by atomic mass is 127. The first kappa shape index (κ1) is 10.8. The minimum atomic E-state index is -0.550. The summed E-state index contributed by atoms with van der Waals surface area (Å²) in [5, 5.41) is 9.26. The molecule has 0 spiro atoms. The van der Waals surface area contributed by atoms with Crippen LogP contribution in [0.5, 0.6) is 0 Å². The number of nitrogens with zero attached hydrogens (tertiary/aromatic N) is 1. The molecule has 0 saturated carbocycles. The van der Waals surface area contributed by atoms with Crippen LogP contribution in [0.1, 0.15) is 12.6 Å². The van der Waals surface area contributed by atoms with Crippen molar-refractivity contribution in [3.05, 3.63) is 30.6 Å². The van der Waals surface area contributed by atoms with Gasteiger partial charge in [0, 0.05) is 12.6 Å². The zero-order valence-corrected chi connectivity index (χ0v) is 9.80. The summed E-state index contributed by atoms with van der Waals surface area (Å²) in [7, 11) is 0. The molecule has 2 rings (SSSR count). The Hall–Kier alpha value is -0.670. The second-order valence-corrected chi connectivity index (χ2v) is 4.48. The first-order valence-corrected chi connectivity index (χ1v) is 5.46. The van der Waals surface area contributed by atoms with Crippen molar-refractivity contribution in [3.63, 3.8) is 0 Å². The molecule has 0 amide bonds. The molecule has 82 valence electrons. The van der Waals surface area contributed by atoms with Gasteiger partial charge in [0.1, 0.15) is 6.23 Å². The van der Waals surface area contributed by atoms with Gasteiger partial charge in [0.05, 0.1) is 16.3 Å². The molecule has 1 fully saturated rings. The maximum Gasteiger partial charge on any atom is 0.330 e. The molecule has 0 aliphatic carbocycles. The van der Waals surface area contributed by atoms with Crippen molar-refractivity contribution in [2.45, 2.75) is 18.8 Å². The van der Waals surface area contributed by atoms with Crippen LogP contribution in [0.25, 0.3) is 0 Å². The summed E-state index contributed by atoms with van der Waals surface area (Å²) in [6, 6.07) is 0. The number of aromatic amines is 1. The molecule has 0 aromatic carbocycles. The number of hydrogen-bond donors (Lipinski definition) is 2. The fourth-order valence-electron chi connectivity index (χ4n) is 1.46. The molecule has 2 atom stereocenters. The third-order valence-corrected chi connectivity index (χ3v) is 2.96. The van der Waals surface area contributed by atoms with Gasteiger partial charge in [-0.05, 0) is 22.6 Å². The zero-order chi connectivity index (χ0) is 11.0. The fourth-order valence-corrected chi connectivity index (χ4v) is 1.89. The number of aliphatic hydroxyl groups excluding tert-OH is 1. The maximum absolute atomic E-state index is 11.4. The summed E-state index contributed by atoms with van der Waals surface area (Å²) < 4.78 is 6.92. The molecule has 7 heteroatoms. The van der Waals surface area contributed by atoms with E-state index in [9.17, 15) is 14.7 Å². The van der Waals surface area contributed by atoms with Crippen LogP contribution >= 0.6 is 22.6 Å². The van der Waals surface area contributed by atoms with Gasteiger partial charge in [-0.15, -0.1) is 0 Å². The number of halogens is 1. The molecule has 6 nitrogen and oxygen atoms in total. The predicted octanol–water partition coefficient (Wildman–Crippen LogP) is -0.579. The van der Waals surface area contributed by atoms with E-state index in [1.807, 2.05) is 22.6 Å². The van der Waals surface area contributed by atoms with Gasteiger partial charge in [-0.1, -0.05) is 0 Å². The average molecular weight is 324 g/mol. The zero-order valence-electron chi connectivity index (χ0n) is 7.64. The van der Waals surface area contributed by atoms with Gasteiger partial charge in [0.25, 0.3) is 5.56 Å². The quantitative estimate of drug-likeness (QED) is 0.677. The number of hydrogen-bond acceptors (Lipinski definition) is 4. The summed E-state index contributed by atoms with van der Waals surface area (Å²) in [4.78, 5) is 24.7. The SMILES string of the molecule is O=c1[nH]c(=O)n([C@H]2C[C@H](O)CO2)cc1I. The van der Waals surface area contributed by atoms with E-state index in [1.165, 1.54) is 10.8 Å². The Balaban J connectivity index is 2.41. The summed E-state index contributed by atoms with van der Waals surface area (Å²) >= 11 is 1.84. The first-order valence-electron chi connectivity index (χ1n) is 4.38. The van der Waals surface area contributed by atoms with Gasteiger partial charge in [0.15, 0.2) is 0 Å². The lowest BCUT2D eigenvalue weighted by atomic mass is 10.3. The molecule has 0 bridgehead atoms. The highest BCUT2D eigenvalue weighted by Gasteiger charge is 2.26. The third kappa shape index (κ3) is 2.13. The van der Waals surface area contributed by atoms with E-state index < -0.39 is 23.6 Å². The van der Waals surface area contributed by atoms with E-state index in [-0.39, 0.29) is 6.61 Å². The summed E-state index contributed by atoms with van der Waals surface area (Å²) in [5.74, 6) is 0. The molecule has 0 unspecified atom stereocenters. The van der Waals surface area contributed by atoms with Crippen LogP contribution in [0, 0.1) is 3.57 Å². The van der Waals surface area contributed by atoms with E-state index in [0.717, 1.165) is 0 Å². The van der Waals surface area contributed by atoms with Crippen LogP contribution in [-0.2, 0) is 4.74 Å². The van der Waals surface area contributed by atoms with E-state index in [1.54, 1.807) is 0 Å². The predicted molar refractivity (Wildman–Crippen MR) is 59.7 cm³/mol. The van der Waals surface area contributed by atoms with Crippen molar-refractivity contribution in [1.29, 1.82) is 0 Å². The normalized spacial score (nSPS) is 25.7. The Morgan fingerprint density at radius 3 is 2.93 bits per heavy atom. The topological polar surface area (TPSA) is 84.3 Å². The highest BCUT2D eigenvalue weighted by molar-refractivity contribution is 14.1. The molecule has 1 aromatic rings. The van der Waals surface area contributed by atoms with Gasteiger partial charge in [-0.25, -0.2) is 4.79 Å². The molecule has 2 N–H and O–H groups in total. The van der Waals surface area contributed by atoms with E-state index in [2.05, 4.69) is 4.98 Å². The molecule has 1 aliphatic rings. The number of rotatable bonds is 1. The van der Waals surface area contributed by atoms with Crippen LogP contribution in [0.3, 0.4) is 0 Å². The first-order chi connectivity index (χ1) is 7.08. The molecule has 1 saturated heterocycles. The molecule has 1 aliphatic heterocycles. The summed E-state index contributed by atoms with van der Waals surface area (Å²) in [6.07, 6.45) is 0.760. The lowest BCUT2D eigenvalue weighted by Gasteiger charge is -2.12. The Bertz CT molecular complexity index is 480. The second kappa shape index (κ2) is 4.06. The van der Waals surface area contributed by atoms with Crippen LogP contribution in [-0.4, -0.2) is 27.4 Å². The number of aromatic nitrogens is 2. The number of nitrogens with one attached hydrogen (secondary N) is 1. The Morgan fingerprint density at radius 2 is 2.33 bits per heavy atom. The van der Waals surface area contributed by atoms with Crippen LogP contribution in [0.15, 0.2) is 15.8 Å². The lowest BCUT2D eigenvalue weighted by molar-refractivity contribution is 0.0445. The second-order valence-electron chi connectivity index (χ2n) is 3.32. The van der Waals surface area contributed by atoms with Gasteiger partial charge < -0.3 is 9.84 Å².